The number of nitrogens with zero attached hydrogens (tertiary/aromatic N) is 1. The van der Waals surface area contributed by atoms with Crippen molar-refractivity contribution in [2.75, 3.05) is 6.61 Å². The van der Waals surface area contributed by atoms with Gasteiger partial charge < -0.3 is 14.5 Å². The Bertz CT molecular complexity index is 1210. The summed E-state index contributed by atoms with van der Waals surface area (Å²) in [4.78, 5) is 0. The van der Waals surface area contributed by atoms with Crippen molar-refractivity contribution in [2.24, 2.45) is 4.40 Å². The van der Waals surface area contributed by atoms with Gasteiger partial charge >= 0.3 is 6.02 Å². The monoisotopic (exact) mass is 614 g/mol. The summed E-state index contributed by atoms with van der Waals surface area (Å²) in [7, 11) is -5.88. The van der Waals surface area contributed by atoms with Crippen LogP contribution in [0.2, 0.25) is 23.2 Å². The summed E-state index contributed by atoms with van der Waals surface area (Å²) in [5, 5.41) is 2.94. The fourth-order valence-electron chi connectivity index (χ4n) is 3.98. The predicted octanol–water partition coefficient (Wildman–Crippen LogP) is 7.38. The second-order valence-electron chi connectivity index (χ2n) is 11.2. The normalized spacial score (nSPS) is 20.2. The van der Waals surface area contributed by atoms with E-state index in [-0.39, 0.29) is 17.1 Å². The van der Waals surface area contributed by atoms with Gasteiger partial charge in [0.2, 0.25) is 0 Å². The van der Waals surface area contributed by atoms with Crippen LogP contribution < -0.4 is 5.32 Å². The molecule has 1 aliphatic rings. The minimum absolute atomic E-state index is 0.0365. The molecule has 0 saturated carbocycles. The average molecular weight is 616 g/mol. The Morgan fingerprint density at radius 3 is 2.33 bits per heavy atom. The van der Waals surface area contributed by atoms with Crippen LogP contribution in [0.25, 0.3) is 0 Å². The Morgan fingerprint density at radius 2 is 1.78 bits per heavy atom. The van der Waals surface area contributed by atoms with E-state index in [1.54, 1.807) is 26.0 Å². The van der Waals surface area contributed by atoms with Gasteiger partial charge in [-0.15, -0.1) is 4.40 Å². The molecule has 198 valence electrons. The van der Waals surface area contributed by atoms with Gasteiger partial charge in [-0.3, -0.25) is 0 Å². The lowest BCUT2D eigenvalue weighted by atomic mass is 9.97. The minimum Gasteiger partial charge on any atom is -0.457 e. The molecule has 0 aliphatic carbocycles. The van der Waals surface area contributed by atoms with Crippen molar-refractivity contribution in [1.29, 1.82) is 0 Å². The topological polar surface area (TPSA) is 77.0 Å². The molecular weight excluding hydrogens is 580 g/mol. The molecule has 2 aromatic carbocycles. The third kappa shape index (κ3) is 6.72. The highest BCUT2D eigenvalue weighted by atomic mass is 79.9. The van der Waals surface area contributed by atoms with Gasteiger partial charge in [0.15, 0.2) is 8.32 Å². The molecule has 0 saturated heterocycles. The van der Waals surface area contributed by atoms with E-state index in [1.807, 2.05) is 36.4 Å². The first-order valence-electron chi connectivity index (χ1n) is 12.0. The second-order valence-corrected chi connectivity index (χ2v) is 19.0. The van der Waals surface area contributed by atoms with Crippen molar-refractivity contribution >= 4 is 51.9 Å². The zero-order valence-corrected chi connectivity index (χ0v) is 26.1. The van der Waals surface area contributed by atoms with Crippen LogP contribution in [0.15, 0.2) is 57.4 Å². The summed E-state index contributed by atoms with van der Waals surface area (Å²) in [6, 6.07) is 14.3. The number of nitrogens with one attached hydrogen (secondary N) is 1. The maximum atomic E-state index is 13.4. The Kier molecular flexibility index (Phi) is 8.72. The highest BCUT2D eigenvalue weighted by Gasteiger charge is 2.47. The van der Waals surface area contributed by atoms with Crippen LogP contribution in [0.1, 0.15) is 63.5 Å². The molecule has 1 N–H and O–H groups in total. The molecule has 2 aromatic rings. The van der Waals surface area contributed by atoms with E-state index in [0.717, 1.165) is 10.0 Å². The molecule has 0 fully saturated rings. The van der Waals surface area contributed by atoms with Gasteiger partial charge in [-0.1, -0.05) is 78.6 Å². The number of benzene rings is 2. The molecule has 0 bridgehead atoms. The number of rotatable bonds is 7. The van der Waals surface area contributed by atoms with Crippen molar-refractivity contribution in [3.63, 3.8) is 0 Å². The highest BCUT2D eigenvalue weighted by molar-refractivity contribution is 9.10. The SMILES string of the molecule is CC1(C)OC(N[C@@H](CCO[Si](C)(C)C(C)(C)C)c2ccccc2Cl)=NS(=O)(=O)C1c1ccc(Br)cc1. The number of hydrogen-bond donors (Lipinski definition) is 1. The van der Waals surface area contributed by atoms with Crippen LogP contribution in [0.5, 0.6) is 0 Å². The van der Waals surface area contributed by atoms with Crippen LogP contribution in [0.4, 0.5) is 0 Å². The van der Waals surface area contributed by atoms with Crippen LogP contribution in [-0.2, 0) is 19.2 Å². The smallest absolute Gasteiger partial charge is 0.301 e. The van der Waals surface area contributed by atoms with Gasteiger partial charge in [0, 0.05) is 16.1 Å². The molecular formula is C26H36BrClN2O4SSi. The largest absolute Gasteiger partial charge is 0.457 e. The van der Waals surface area contributed by atoms with Gasteiger partial charge in [-0.05, 0) is 67.7 Å². The third-order valence-electron chi connectivity index (χ3n) is 6.93. The Morgan fingerprint density at radius 1 is 1.17 bits per heavy atom. The number of hydrogen-bond acceptors (Lipinski definition) is 5. The number of sulfonamides is 1. The van der Waals surface area contributed by atoms with E-state index in [2.05, 4.69) is 59.5 Å². The van der Waals surface area contributed by atoms with Crippen LogP contribution >= 0.6 is 27.5 Å². The fraction of sp³-hybridized carbons (Fsp3) is 0.500. The standard InChI is InChI=1S/C26H36BrClN2O4SSi/c1-25(2,3)36(6,7)33-17-16-22(20-10-8-9-11-21(20)28)29-24-30-35(31,32)23(26(4,5)34-24)18-12-14-19(27)15-13-18/h8-15,22-23H,16-17H2,1-7H3,(H,29,30)/t22-,23?/m0/s1. The molecule has 1 unspecified atom stereocenters. The summed E-state index contributed by atoms with van der Waals surface area (Å²) < 4.78 is 44.2. The number of ether oxygens (including phenoxy) is 1. The first-order valence-corrected chi connectivity index (χ1v) is 17.5. The van der Waals surface area contributed by atoms with Crippen molar-refractivity contribution < 1.29 is 17.6 Å². The Balaban J connectivity index is 1.89. The van der Waals surface area contributed by atoms with E-state index in [1.165, 1.54) is 0 Å². The second kappa shape index (κ2) is 10.8. The first kappa shape index (κ1) is 29.2. The summed E-state index contributed by atoms with van der Waals surface area (Å²) in [6.07, 6.45) is 0.565. The molecule has 0 radical (unpaired) electrons. The predicted molar refractivity (Wildman–Crippen MR) is 153 cm³/mol. The van der Waals surface area contributed by atoms with Gasteiger partial charge in [0.1, 0.15) is 10.9 Å². The minimum atomic E-state index is -3.92. The Labute approximate surface area is 230 Å². The lowest BCUT2D eigenvalue weighted by Crippen LogP contribution is -2.48. The summed E-state index contributed by atoms with van der Waals surface area (Å²) in [5.74, 6) is 0. The molecule has 10 heteroatoms. The van der Waals surface area contributed by atoms with Crippen LogP contribution in [0.3, 0.4) is 0 Å². The maximum Gasteiger partial charge on any atom is 0.301 e. The van der Waals surface area contributed by atoms with Crippen molar-refractivity contribution in [2.45, 2.75) is 76.1 Å². The Hall–Kier alpha value is -1.39. The molecule has 1 heterocycles. The molecule has 3 rings (SSSR count). The van der Waals surface area contributed by atoms with E-state index >= 15 is 0 Å². The maximum absolute atomic E-state index is 13.4. The van der Waals surface area contributed by atoms with Gasteiger partial charge in [-0.2, -0.15) is 0 Å². The first-order chi connectivity index (χ1) is 16.5. The molecule has 0 spiro atoms. The van der Waals surface area contributed by atoms with E-state index < -0.39 is 29.2 Å². The van der Waals surface area contributed by atoms with Gasteiger partial charge in [-0.25, -0.2) is 8.42 Å². The van der Waals surface area contributed by atoms with Crippen molar-refractivity contribution in [3.8, 4) is 0 Å². The molecule has 0 amide bonds. The lowest BCUT2D eigenvalue weighted by molar-refractivity contribution is 0.0760. The van der Waals surface area contributed by atoms with E-state index in [4.69, 9.17) is 20.8 Å². The summed E-state index contributed by atoms with van der Waals surface area (Å²) in [5.41, 5.74) is 0.394. The quantitative estimate of drug-likeness (QED) is 0.329. The molecule has 1 aliphatic heterocycles. The average Bonchev–Trinajstić information content (AvgIpc) is 2.72. The number of halogens is 2. The van der Waals surface area contributed by atoms with Crippen molar-refractivity contribution in [3.05, 3.63) is 69.2 Å². The highest BCUT2D eigenvalue weighted by Crippen LogP contribution is 2.41. The zero-order chi connectivity index (χ0) is 26.9. The summed E-state index contributed by atoms with van der Waals surface area (Å²) in [6.45, 7) is 15.0. The fourth-order valence-corrected chi connectivity index (χ4v) is 7.26. The van der Waals surface area contributed by atoms with E-state index in [0.29, 0.717) is 23.6 Å². The third-order valence-corrected chi connectivity index (χ3v) is 14.2. The lowest BCUT2D eigenvalue weighted by Gasteiger charge is -2.38. The zero-order valence-electron chi connectivity index (χ0n) is 21.9. The van der Waals surface area contributed by atoms with Gasteiger partial charge in [0.05, 0.1) is 6.04 Å². The van der Waals surface area contributed by atoms with Crippen molar-refractivity contribution in [1.82, 2.24) is 5.32 Å². The number of amidine groups is 1. The molecule has 0 aromatic heterocycles. The molecule has 2 atom stereocenters. The van der Waals surface area contributed by atoms with E-state index in [9.17, 15) is 8.42 Å². The molecule has 36 heavy (non-hydrogen) atoms. The van der Waals surface area contributed by atoms with Crippen LogP contribution in [-0.4, -0.2) is 35.0 Å². The molecule has 6 nitrogen and oxygen atoms in total. The summed E-state index contributed by atoms with van der Waals surface area (Å²) >= 11 is 9.93. The van der Waals surface area contributed by atoms with Gasteiger partial charge in [0.25, 0.3) is 10.0 Å². The van der Waals surface area contributed by atoms with Crippen LogP contribution in [0, 0.1) is 0 Å².